The number of nitrogens with zero attached hydrogens (tertiary/aromatic N) is 2. The maximum absolute atomic E-state index is 13.0. The van der Waals surface area contributed by atoms with E-state index in [1.807, 2.05) is 0 Å². The minimum absolute atomic E-state index is 0.123. The van der Waals surface area contributed by atoms with E-state index in [0.29, 0.717) is 11.0 Å². The third kappa shape index (κ3) is 4.69. The Kier molecular flexibility index (Phi) is 5.89. The van der Waals surface area contributed by atoms with E-state index in [4.69, 9.17) is 12.2 Å². The molecule has 2 aliphatic heterocycles. The van der Waals surface area contributed by atoms with E-state index in [1.165, 1.54) is 12.1 Å². The molecule has 0 radical (unpaired) electrons. The summed E-state index contributed by atoms with van der Waals surface area (Å²) >= 11 is 5.46. The standard InChI is InChI=1S/C19H26FN3OS/c1-14-6-10-22(11-7-14)18(24)15-8-12-23(13-9-15)19(25)21-17-4-2-16(20)3-5-17/h2-5,14-15H,6-13H2,1H3,(H,21,25). The molecule has 0 unspecified atom stereocenters. The fourth-order valence-corrected chi connectivity index (χ4v) is 3.85. The lowest BCUT2D eigenvalue weighted by Crippen LogP contribution is -2.47. The van der Waals surface area contributed by atoms with Gasteiger partial charge in [-0.1, -0.05) is 6.92 Å². The number of carbonyl (C=O) groups excluding carboxylic acids is 1. The smallest absolute Gasteiger partial charge is 0.225 e. The molecular weight excluding hydrogens is 337 g/mol. The molecular formula is C19H26FN3OS. The van der Waals surface area contributed by atoms with E-state index in [-0.39, 0.29) is 11.7 Å². The molecule has 1 N–H and O–H groups in total. The Morgan fingerprint density at radius 3 is 2.20 bits per heavy atom. The highest BCUT2D eigenvalue weighted by Gasteiger charge is 2.30. The van der Waals surface area contributed by atoms with Crippen LogP contribution in [0.15, 0.2) is 24.3 Å². The second-order valence-electron chi connectivity index (χ2n) is 7.21. The highest BCUT2D eigenvalue weighted by molar-refractivity contribution is 7.80. The molecule has 0 bridgehead atoms. The Morgan fingerprint density at radius 2 is 1.60 bits per heavy atom. The summed E-state index contributed by atoms with van der Waals surface area (Å²) in [5.74, 6) is 0.922. The molecule has 3 rings (SSSR count). The summed E-state index contributed by atoms with van der Waals surface area (Å²) in [5, 5.41) is 3.79. The van der Waals surface area contributed by atoms with E-state index < -0.39 is 0 Å². The molecule has 0 atom stereocenters. The summed E-state index contributed by atoms with van der Waals surface area (Å²) in [6, 6.07) is 6.18. The van der Waals surface area contributed by atoms with Crippen molar-refractivity contribution in [1.82, 2.24) is 9.80 Å². The van der Waals surface area contributed by atoms with Gasteiger partial charge in [-0.25, -0.2) is 4.39 Å². The predicted octanol–water partition coefficient (Wildman–Crippen LogP) is 3.49. The van der Waals surface area contributed by atoms with Gasteiger partial charge in [0.25, 0.3) is 0 Å². The third-order valence-electron chi connectivity index (χ3n) is 5.32. The van der Waals surface area contributed by atoms with Crippen LogP contribution in [-0.2, 0) is 4.79 Å². The topological polar surface area (TPSA) is 35.6 Å². The molecule has 0 aromatic heterocycles. The average Bonchev–Trinajstić information content (AvgIpc) is 2.64. The Morgan fingerprint density at radius 1 is 1.04 bits per heavy atom. The number of likely N-dealkylation sites (tertiary alicyclic amines) is 2. The summed E-state index contributed by atoms with van der Waals surface area (Å²) in [4.78, 5) is 16.8. The number of carbonyl (C=O) groups is 1. The average molecular weight is 364 g/mol. The lowest BCUT2D eigenvalue weighted by molar-refractivity contribution is -0.138. The van der Waals surface area contributed by atoms with Crippen molar-refractivity contribution in [3.8, 4) is 0 Å². The van der Waals surface area contributed by atoms with Crippen LogP contribution in [0.2, 0.25) is 0 Å². The normalized spacial score (nSPS) is 19.8. The first-order valence-corrected chi connectivity index (χ1v) is 9.54. The highest BCUT2D eigenvalue weighted by Crippen LogP contribution is 2.24. The Hall–Kier alpha value is -1.69. The van der Waals surface area contributed by atoms with Gasteiger partial charge in [0.05, 0.1) is 0 Å². The van der Waals surface area contributed by atoms with Crippen molar-refractivity contribution < 1.29 is 9.18 Å². The summed E-state index contributed by atoms with van der Waals surface area (Å²) in [7, 11) is 0. The maximum atomic E-state index is 13.0. The van der Waals surface area contributed by atoms with E-state index in [0.717, 1.165) is 63.5 Å². The van der Waals surface area contributed by atoms with Crippen LogP contribution in [0.3, 0.4) is 0 Å². The molecule has 136 valence electrons. The van der Waals surface area contributed by atoms with E-state index in [9.17, 15) is 9.18 Å². The molecule has 1 aromatic carbocycles. The van der Waals surface area contributed by atoms with Crippen LogP contribution in [0.4, 0.5) is 10.1 Å². The van der Waals surface area contributed by atoms with E-state index in [2.05, 4.69) is 22.0 Å². The van der Waals surface area contributed by atoms with Crippen molar-refractivity contribution in [1.29, 1.82) is 0 Å². The van der Waals surface area contributed by atoms with Gasteiger partial charge in [0.2, 0.25) is 5.91 Å². The van der Waals surface area contributed by atoms with E-state index >= 15 is 0 Å². The number of hydrogen-bond acceptors (Lipinski definition) is 2. The molecule has 0 aliphatic carbocycles. The summed E-state index contributed by atoms with van der Waals surface area (Å²) in [6.45, 7) is 5.65. The maximum Gasteiger partial charge on any atom is 0.225 e. The van der Waals surface area contributed by atoms with Crippen molar-refractivity contribution in [2.45, 2.75) is 32.6 Å². The summed E-state index contributed by atoms with van der Waals surface area (Å²) < 4.78 is 13.0. The Balaban J connectivity index is 1.47. The Bertz CT molecular complexity index is 606. The van der Waals surface area contributed by atoms with Gasteiger partial charge in [0.15, 0.2) is 5.11 Å². The molecule has 0 spiro atoms. The number of piperidine rings is 2. The number of amides is 1. The number of benzene rings is 1. The van der Waals surface area contributed by atoms with Crippen molar-refractivity contribution in [2.75, 3.05) is 31.5 Å². The first-order chi connectivity index (χ1) is 12.0. The molecule has 4 nitrogen and oxygen atoms in total. The fraction of sp³-hybridized carbons (Fsp3) is 0.579. The second kappa shape index (κ2) is 8.13. The van der Waals surface area contributed by atoms with Crippen LogP contribution in [0, 0.1) is 17.7 Å². The number of rotatable bonds is 2. The lowest BCUT2D eigenvalue weighted by Gasteiger charge is -2.37. The highest BCUT2D eigenvalue weighted by atomic mass is 32.1. The van der Waals surface area contributed by atoms with Gasteiger partial charge in [-0.05, 0) is 68.1 Å². The molecule has 2 aliphatic rings. The van der Waals surface area contributed by atoms with E-state index in [1.54, 1.807) is 12.1 Å². The number of halogens is 1. The predicted molar refractivity (Wildman–Crippen MR) is 102 cm³/mol. The molecule has 1 aromatic rings. The monoisotopic (exact) mass is 363 g/mol. The van der Waals surface area contributed by atoms with Gasteiger partial charge in [-0.3, -0.25) is 4.79 Å². The second-order valence-corrected chi connectivity index (χ2v) is 7.59. The van der Waals surface area contributed by atoms with Crippen molar-refractivity contribution >= 4 is 28.9 Å². The largest absolute Gasteiger partial charge is 0.349 e. The SMILES string of the molecule is CC1CCN(C(=O)C2CCN(C(=S)Nc3ccc(F)cc3)CC2)CC1. The molecule has 1 amide bonds. The summed E-state index contributed by atoms with van der Waals surface area (Å²) in [6.07, 6.45) is 3.93. The van der Waals surface area contributed by atoms with Crippen LogP contribution in [0.1, 0.15) is 32.6 Å². The number of thiocarbonyl (C=S) groups is 1. The fourth-order valence-electron chi connectivity index (χ4n) is 3.55. The molecule has 0 saturated carbocycles. The quantitative estimate of drug-likeness (QED) is 0.816. The van der Waals surface area contributed by atoms with Crippen molar-refractivity contribution in [3.63, 3.8) is 0 Å². The zero-order valence-corrected chi connectivity index (χ0v) is 15.5. The zero-order chi connectivity index (χ0) is 17.8. The first kappa shape index (κ1) is 18.1. The van der Waals surface area contributed by atoms with Gasteiger partial charge in [0.1, 0.15) is 5.82 Å². The third-order valence-corrected chi connectivity index (χ3v) is 5.68. The minimum atomic E-state index is -0.261. The van der Waals surface area contributed by atoms with Gasteiger partial charge >= 0.3 is 0 Å². The minimum Gasteiger partial charge on any atom is -0.349 e. The summed E-state index contributed by atoms with van der Waals surface area (Å²) in [5.41, 5.74) is 0.784. The van der Waals surface area contributed by atoms with Gasteiger partial charge in [-0.15, -0.1) is 0 Å². The molecule has 2 fully saturated rings. The zero-order valence-electron chi connectivity index (χ0n) is 14.7. The lowest BCUT2D eigenvalue weighted by atomic mass is 9.93. The molecule has 25 heavy (non-hydrogen) atoms. The van der Waals surface area contributed by atoms with Crippen LogP contribution >= 0.6 is 12.2 Å². The van der Waals surface area contributed by atoms with Crippen LogP contribution in [-0.4, -0.2) is 47.0 Å². The number of nitrogens with one attached hydrogen (secondary N) is 1. The van der Waals surface area contributed by atoms with Crippen molar-refractivity contribution in [3.05, 3.63) is 30.1 Å². The van der Waals surface area contributed by atoms with Crippen molar-refractivity contribution in [2.24, 2.45) is 11.8 Å². The van der Waals surface area contributed by atoms with Crippen LogP contribution in [0.25, 0.3) is 0 Å². The van der Waals surface area contributed by atoms with Gasteiger partial charge in [-0.2, -0.15) is 0 Å². The van der Waals surface area contributed by atoms with Crippen LogP contribution < -0.4 is 5.32 Å². The van der Waals surface area contributed by atoms with Gasteiger partial charge in [0, 0.05) is 37.8 Å². The molecule has 6 heteroatoms. The van der Waals surface area contributed by atoms with Gasteiger partial charge < -0.3 is 15.1 Å². The first-order valence-electron chi connectivity index (χ1n) is 9.13. The van der Waals surface area contributed by atoms with Crippen LogP contribution in [0.5, 0.6) is 0 Å². The Labute approximate surface area is 154 Å². The number of hydrogen-bond donors (Lipinski definition) is 1. The number of anilines is 1. The molecule has 2 saturated heterocycles. The molecule has 2 heterocycles.